The van der Waals surface area contributed by atoms with E-state index in [0.29, 0.717) is 5.69 Å². The fourth-order valence-electron chi connectivity index (χ4n) is 0.752. The summed E-state index contributed by atoms with van der Waals surface area (Å²) < 4.78 is 11.6. The molecule has 1 nitrogen and oxygen atoms in total. The maximum absolute atomic E-state index is 11.6. The molecule has 0 spiro atoms. The lowest BCUT2D eigenvalue weighted by molar-refractivity contribution is 0.573. The van der Waals surface area contributed by atoms with Gasteiger partial charge in [-0.15, -0.1) is 0 Å². The first-order valence-corrected chi connectivity index (χ1v) is 3.23. The zero-order chi connectivity index (χ0) is 8.10. The van der Waals surface area contributed by atoms with E-state index in [-0.39, 0.29) is 0 Å². The molecule has 0 radical (unpaired) electrons. The molecular formula is C9H8FN. The van der Waals surface area contributed by atoms with Gasteiger partial charge in [0.15, 0.2) is 6.67 Å². The van der Waals surface area contributed by atoms with Crippen LogP contribution in [-0.4, -0.2) is 6.67 Å². The van der Waals surface area contributed by atoms with Gasteiger partial charge in [0.25, 0.3) is 0 Å². The molecule has 0 unspecified atom stereocenters. The van der Waals surface area contributed by atoms with Gasteiger partial charge in [-0.05, 0) is 18.2 Å². The summed E-state index contributed by atoms with van der Waals surface area (Å²) in [5, 5.41) is 0. The van der Waals surface area contributed by atoms with Crippen molar-refractivity contribution < 1.29 is 4.39 Å². The Morgan fingerprint density at radius 2 is 2.27 bits per heavy atom. The van der Waals surface area contributed by atoms with Crippen LogP contribution >= 0.6 is 0 Å². The molecule has 0 bridgehead atoms. The highest BCUT2D eigenvalue weighted by Crippen LogP contribution is 2.04. The zero-order valence-corrected chi connectivity index (χ0v) is 5.97. The summed E-state index contributed by atoms with van der Waals surface area (Å²) in [6, 6.07) is 7.06. The molecule has 0 atom stereocenters. The Labute approximate surface area is 65.0 Å². The third-order valence-electron chi connectivity index (χ3n) is 1.19. The number of benzene rings is 1. The van der Waals surface area contributed by atoms with E-state index in [1.807, 2.05) is 0 Å². The highest BCUT2D eigenvalue weighted by molar-refractivity contribution is 5.46. The van der Waals surface area contributed by atoms with E-state index < -0.39 is 6.67 Å². The molecule has 2 heteroatoms. The molecule has 1 aromatic rings. The first-order valence-electron chi connectivity index (χ1n) is 3.23. The first kappa shape index (κ1) is 7.62. The van der Waals surface area contributed by atoms with Gasteiger partial charge in [0, 0.05) is 11.3 Å². The lowest BCUT2D eigenvalue weighted by atomic mass is 10.2. The van der Waals surface area contributed by atoms with Crippen molar-refractivity contribution in [2.45, 2.75) is 0 Å². The van der Waals surface area contributed by atoms with Crippen LogP contribution in [-0.2, 0) is 0 Å². The molecule has 0 saturated heterocycles. The minimum Gasteiger partial charge on any atom is -0.399 e. The van der Waals surface area contributed by atoms with Crippen LogP contribution in [0.25, 0.3) is 0 Å². The standard InChI is InChI=1S/C9H8FN/c10-6-2-4-8-3-1-5-9(11)7-8/h1,3,5,7H,6,11H2. The quantitative estimate of drug-likeness (QED) is 0.440. The van der Waals surface area contributed by atoms with Crippen LogP contribution in [0.2, 0.25) is 0 Å². The Kier molecular flexibility index (Phi) is 2.51. The van der Waals surface area contributed by atoms with Crippen molar-refractivity contribution in [2.24, 2.45) is 0 Å². The number of hydrogen-bond donors (Lipinski definition) is 1. The second-order valence-electron chi connectivity index (χ2n) is 2.06. The lowest BCUT2D eigenvalue weighted by Gasteiger charge is -1.91. The fraction of sp³-hybridized carbons (Fsp3) is 0.111. The second kappa shape index (κ2) is 3.62. The maximum atomic E-state index is 11.6. The number of halogens is 1. The third kappa shape index (κ3) is 2.30. The number of nitrogens with two attached hydrogens (primary N) is 1. The molecular weight excluding hydrogens is 141 g/mol. The van der Waals surface area contributed by atoms with Gasteiger partial charge < -0.3 is 5.73 Å². The maximum Gasteiger partial charge on any atom is 0.150 e. The average Bonchev–Trinajstić information content (AvgIpc) is 2.01. The monoisotopic (exact) mass is 149 g/mol. The SMILES string of the molecule is Nc1cccc(C#CCF)c1. The van der Waals surface area contributed by atoms with Crippen LogP contribution in [0.15, 0.2) is 24.3 Å². The molecule has 0 saturated carbocycles. The summed E-state index contributed by atoms with van der Waals surface area (Å²) in [5.41, 5.74) is 6.87. The van der Waals surface area contributed by atoms with Crippen molar-refractivity contribution in [3.63, 3.8) is 0 Å². The highest BCUT2D eigenvalue weighted by Gasteiger charge is 1.85. The van der Waals surface area contributed by atoms with E-state index in [1.165, 1.54) is 0 Å². The second-order valence-corrected chi connectivity index (χ2v) is 2.06. The summed E-state index contributed by atoms with van der Waals surface area (Å²) in [4.78, 5) is 0. The predicted molar refractivity (Wildman–Crippen MR) is 43.7 cm³/mol. The van der Waals surface area contributed by atoms with E-state index in [0.717, 1.165) is 5.56 Å². The Hall–Kier alpha value is -1.49. The molecule has 0 aliphatic rings. The van der Waals surface area contributed by atoms with Gasteiger partial charge in [0.2, 0.25) is 0 Å². The summed E-state index contributed by atoms with van der Waals surface area (Å²) in [5.74, 6) is 4.95. The Morgan fingerprint density at radius 3 is 2.91 bits per heavy atom. The summed E-state index contributed by atoms with van der Waals surface area (Å²) in [6.07, 6.45) is 0. The van der Waals surface area contributed by atoms with E-state index in [9.17, 15) is 4.39 Å². The number of rotatable bonds is 0. The molecule has 11 heavy (non-hydrogen) atoms. The highest BCUT2D eigenvalue weighted by atomic mass is 19.1. The van der Waals surface area contributed by atoms with E-state index >= 15 is 0 Å². The van der Waals surface area contributed by atoms with Crippen LogP contribution < -0.4 is 5.73 Å². The van der Waals surface area contributed by atoms with Gasteiger partial charge in [-0.3, -0.25) is 0 Å². The molecule has 0 aliphatic heterocycles. The predicted octanol–water partition coefficient (Wildman–Crippen LogP) is 1.59. The normalized spacial score (nSPS) is 8.45. The van der Waals surface area contributed by atoms with Crippen LogP contribution in [0.1, 0.15) is 5.56 Å². The minimum atomic E-state index is -0.616. The molecule has 1 rings (SSSR count). The van der Waals surface area contributed by atoms with Gasteiger partial charge in [0.1, 0.15) is 0 Å². The first-order chi connectivity index (χ1) is 5.33. The fourth-order valence-corrected chi connectivity index (χ4v) is 0.752. The van der Waals surface area contributed by atoms with Crippen molar-refractivity contribution >= 4 is 5.69 Å². The van der Waals surface area contributed by atoms with E-state index in [2.05, 4.69) is 11.8 Å². The number of anilines is 1. The van der Waals surface area contributed by atoms with Crippen molar-refractivity contribution in [3.8, 4) is 11.8 Å². The number of alkyl halides is 1. The van der Waals surface area contributed by atoms with Crippen LogP contribution in [0.5, 0.6) is 0 Å². The number of hydrogen-bond acceptors (Lipinski definition) is 1. The Bertz CT molecular complexity index is 296. The van der Waals surface area contributed by atoms with E-state index in [4.69, 9.17) is 5.73 Å². The number of nitrogen functional groups attached to an aromatic ring is 1. The molecule has 56 valence electrons. The lowest BCUT2D eigenvalue weighted by Crippen LogP contribution is -1.84. The Balaban J connectivity index is 2.87. The molecule has 2 N–H and O–H groups in total. The van der Waals surface area contributed by atoms with Gasteiger partial charge in [-0.1, -0.05) is 17.9 Å². The molecule has 0 heterocycles. The average molecular weight is 149 g/mol. The summed E-state index contributed by atoms with van der Waals surface area (Å²) in [6.45, 7) is -0.616. The largest absolute Gasteiger partial charge is 0.399 e. The van der Waals surface area contributed by atoms with Crippen LogP contribution in [0.4, 0.5) is 10.1 Å². The van der Waals surface area contributed by atoms with Gasteiger partial charge >= 0.3 is 0 Å². The zero-order valence-electron chi connectivity index (χ0n) is 5.97. The van der Waals surface area contributed by atoms with Crippen LogP contribution in [0, 0.1) is 11.8 Å². The van der Waals surface area contributed by atoms with Crippen LogP contribution in [0.3, 0.4) is 0 Å². The molecule has 0 aromatic heterocycles. The van der Waals surface area contributed by atoms with Gasteiger partial charge in [-0.2, -0.15) is 0 Å². The van der Waals surface area contributed by atoms with E-state index in [1.54, 1.807) is 24.3 Å². The molecule has 1 aromatic carbocycles. The van der Waals surface area contributed by atoms with Crippen molar-refractivity contribution in [3.05, 3.63) is 29.8 Å². The van der Waals surface area contributed by atoms with Gasteiger partial charge in [-0.25, -0.2) is 4.39 Å². The smallest absolute Gasteiger partial charge is 0.150 e. The molecule has 0 amide bonds. The Morgan fingerprint density at radius 1 is 1.45 bits per heavy atom. The topological polar surface area (TPSA) is 26.0 Å². The van der Waals surface area contributed by atoms with Crippen molar-refractivity contribution in [1.29, 1.82) is 0 Å². The summed E-state index contributed by atoms with van der Waals surface area (Å²) >= 11 is 0. The van der Waals surface area contributed by atoms with Crippen molar-refractivity contribution in [2.75, 3.05) is 12.4 Å². The molecule has 0 fully saturated rings. The summed E-state index contributed by atoms with van der Waals surface area (Å²) in [7, 11) is 0. The minimum absolute atomic E-state index is 0.616. The third-order valence-corrected chi connectivity index (χ3v) is 1.19. The molecule has 0 aliphatic carbocycles. The van der Waals surface area contributed by atoms with Gasteiger partial charge in [0.05, 0.1) is 0 Å². The van der Waals surface area contributed by atoms with Crippen molar-refractivity contribution in [1.82, 2.24) is 0 Å².